The van der Waals surface area contributed by atoms with Gasteiger partial charge in [0.2, 0.25) is 0 Å². The maximum Gasteiger partial charge on any atom is 0.273 e. The van der Waals surface area contributed by atoms with E-state index in [9.17, 15) is 4.79 Å². The number of carbonyl (C=O) groups is 1. The van der Waals surface area contributed by atoms with Gasteiger partial charge in [-0.05, 0) is 11.8 Å². The van der Waals surface area contributed by atoms with Crippen LogP contribution in [0.5, 0.6) is 0 Å². The molecular weight excluding hydrogens is 220 g/mol. The molecule has 0 fully saturated rings. The van der Waals surface area contributed by atoms with E-state index in [-0.39, 0.29) is 29.7 Å². The zero-order chi connectivity index (χ0) is 13.1. The lowest BCUT2D eigenvalue weighted by Gasteiger charge is -2.30. The lowest BCUT2D eigenvalue weighted by atomic mass is 9.85. The Labute approximate surface area is 101 Å². The maximum atomic E-state index is 11.9. The zero-order valence-corrected chi connectivity index (χ0v) is 10.8. The van der Waals surface area contributed by atoms with Gasteiger partial charge in [-0.25, -0.2) is 4.98 Å². The molecule has 96 valence electrons. The summed E-state index contributed by atoms with van der Waals surface area (Å²) in [5, 5.41) is 11.9. The number of carbonyl (C=O) groups excluding carboxylic acids is 1. The molecule has 2 N–H and O–H groups in total. The Bertz CT molecular complexity index is 379. The minimum absolute atomic E-state index is 0.0417. The SMILES string of the molecule is Cc1nc(C(=O)N[C@H](CCO)C(C)(C)C)co1. The quantitative estimate of drug-likeness (QED) is 0.836. The number of hydrogen-bond acceptors (Lipinski definition) is 4. The molecule has 0 radical (unpaired) electrons. The second kappa shape index (κ2) is 5.31. The highest BCUT2D eigenvalue weighted by Crippen LogP contribution is 2.21. The van der Waals surface area contributed by atoms with Gasteiger partial charge in [0.05, 0.1) is 0 Å². The molecular formula is C12H20N2O3. The van der Waals surface area contributed by atoms with Crippen LogP contribution in [0.2, 0.25) is 0 Å². The number of aliphatic hydroxyl groups is 1. The molecule has 0 spiro atoms. The van der Waals surface area contributed by atoms with Crippen LogP contribution in [-0.4, -0.2) is 28.6 Å². The summed E-state index contributed by atoms with van der Waals surface area (Å²) in [7, 11) is 0. The minimum Gasteiger partial charge on any atom is -0.448 e. The van der Waals surface area contributed by atoms with E-state index in [4.69, 9.17) is 9.52 Å². The molecule has 5 nitrogen and oxygen atoms in total. The van der Waals surface area contributed by atoms with E-state index in [1.54, 1.807) is 6.92 Å². The fourth-order valence-electron chi connectivity index (χ4n) is 1.55. The average Bonchev–Trinajstić information content (AvgIpc) is 2.62. The molecule has 1 aromatic rings. The van der Waals surface area contributed by atoms with Crippen molar-refractivity contribution in [1.29, 1.82) is 0 Å². The normalized spacial score (nSPS) is 13.5. The molecule has 0 saturated carbocycles. The van der Waals surface area contributed by atoms with Crippen LogP contribution in [0, 0.1) is 12.3 Å². The van der Waals surface area contributed by atoms with E-state index < -0.39 is 0 Å². The van der Waals surface area contributed by atoms with E-state index in [1.807, 2.05) is 20.8 Å². The van der Waals surface area contributed by atoms with Crippen molar-refractivity contribution < 1.29 is 14.3 Å². The van der Waals surface area contributed by atoms with Crippen LogP contribution in [0.25, 0.3) is 0 Å². The van der Waals surface area contributed by atoms with Gasteiger partial charge < -0.3 is 14.8 Å². The Balaban J connectivity index is 2.71. The van der Waals surface area contributed by atoms with Gasteiger partial charge in [-0.1, -0.05) is 20.8 Å². The third kappa shape index (κ3) is 3.85. The van der Waals surface area contributed by atoms with Gasteiger partial charge in [-0.15, -0.1) is 0 Å². The molecule has 0 unspecified atom stereocenters. The number of hydrogen-bond donors (Lipinski definition) is 2. The number of nitrogens with zero attached hydrogens (tertiary/aromatic N) is 1. The summed E-state index contributed by atoms with van der Waals surface area (Å²) in [5.41, 5.74) is 0.159. The van der Waals surface area contributed by atoms with Gasteiger partial charge in [-0.2, -0.15) is 0 Å². The molecule has 0 aliphatic heterocycles. The van der Waals surface area contributed by atoms with Crippen molar-refractivity contribution in [2.45, 2.75) is 40.2 Å². The summed E-state index contributed by atoms with van der Waals surface area (Å²) in [5.74, 6) is 0.194. The molecule has 1 aromatic heterocycles. The predicted molar refractivity (Wildman–Crippen MR) is 63.7 cm³/mol. The molecule has 0 bridgehead atoms. The Hall–Kier alpha value is -1.36. The minimum atomic E-state index is -0.268. The molecule has 0 aliphatic carbocycles. The largest absolute Gasteiger partial charge is 0.448 e. The second-order valence-electron chi connectivity index (χ2n) is 5.16. The molecule has 17 heavy (non-hydrogen) atoms. The number of aryl methyl sites for hydroxylation is 1. The Kier molecular flexibility index (Phi) is 4.28. The van der Waals surface area contributed by atoms with Crippen LogP contribution in [-0.2, 0) is 0 Å². The third-order valence-electron chi connectivity index (χ3n) is 2.62. The average molecular weight is 240 g/mol. The summed E-state index contributed by atoms with van der Waals surface area (Å²) in [4.78, 5) is 15.8. The van der Waals surface area contributed by atoms with Gasteiger partial charge in [0.25, 0.3) is 5.91 Å². The molecule has 0 aliphatic rings. The summed E-state index contributed by atoms with van der Waals surface area (Å²) in [6, 6.07) is -0.1000. The Morgan fingerprint density at radius 2 is 2.24 bits per heavy atom. The van der Waals surface area contributed by atoms with Crippen molar-refractivity contribution in [3.8, 4) is 0 Å². The number of aliphatic hydroxyl groups excluding tert-OH is 1. The van der Waals surface area contributed by atoms with E-state index >= 15 is 0 Å². The maximum absolute atomic E-state index is 11.9. The topological polar surface area (TPSA) is 75.4 Å². The molecule has 0 saturated heterocycles. The highest BCUT2D eigenvalue weighted by molar-refractivity contribution is 5.92. The fraction of sp³-hybridized carbons (Fsp3) is 0.667. The number of nitrogens with one attached hydrogen (secondary N) is 1. The van der Waals surface area contributed by atoms with Crippen molar-refractivity contribution in [1.82, 2.24) is 10.3 Å². The molecule has 5 heteroatoms. The summed E-state index contributed by atoms with van der Waals surface area (Å²) in [6.07, 6.45) is 1.86. The molecule has 1 atom stereocenters. The lowest BCUT2D eigenvalue weighted by Crippen LogP contribution is -2.44. The van der Waals surface area contributed by atoms with Crippen LogP contribution in [0.4, 0.5) is 0 Å². The van der Waals surface area contributed by atoms with Crippen molar-refractivity contribution in [2.24, 2.45) is 5.41 Å². The van der Waals surface area contributed by atoms with Crippen LogP contribution >= 0.6 is 0 Å². The molecule has 0 aromatic carbocycles. The van der Waals surface area contributed by atoms with Gasteiger partial charge in [0.1, 0.15) is 6.26 Å². The number of rotatable bonds is 4. The van der Waals surface area contributed by atoms with Crippen molar-refractivity contribution in [3.63, 3.8) is 0 Å². The lowest BCUT2D eigenvalue weighted by molar-refractivity contribution is 0.0880. The first-order chi connectivity index (χ1) is 7.84. The second-order valence-corrected chi connectivity index (χ2v) is 5.16. The number of oxazole rings is 1. The van der Waals surface area contributed by atoms with Crippen LogP contribution in [0.1, 0.15) is 43.6 Å². The van der Waals surface area contributed by atoms with Gasteiger partial charge >= 0.3 is 0 Å². The first-order valence-corrected chi connectivity index (χ1v) is 5.68. The third-order valence-corrected chi connectivity index (χ3v) is 2.62. The summed E-state index contributed by atoms with van der Waals surface area (Å²) < 4.78 is 4.99. The number of amides is 1. The van der Waals surface area contributed by atoms with Crippen LogP contribution in [0.3, 0.4) is 0 Å². The standard InChI is InChI=1S/C12H20N2O3/c1-8-13-9(7-17-8)11(16)14-10(5-6-15)12(2,3)4/h7,10,15H,5-6H2,1-4H3,(H,14,16)/t10-/m1/s1. The van der Waals surface area contributed by atoms with Crippen LogP contribution in [0.15, 0.2) is 10.7 Å². The monoisotopic (exact) mass is 240 g/mol. The van der Waals surface area contributed by atoms with E-state index in [0.29, 0.717) is 12.3 Å². The predicted octanol–water partition coefficient (Wildman–Crippen LogP) is 1.51. The number of aromatic nitrogens is 1. The molecule has 1 amide bonds. The van der Waals surface area contributed by atoms with Gasteiger partial charge in [0.15, 0.2) is 11.6 Å². The first-order valence-electron chi connectivity index (χ1n) is 5.68. The van der Waals surface area contributed by atoms with Gasteiger partial charge in [0, 0.05) is 19.6 Å². The molecule has 1 rings (SSSR count). The first kappa shape index (κ1) is 13.7. The van der Waals surface area contributed by atoms with E-state index in [0.717, 1.165) is 0 Å². The van der Waals surface area contributed by atoms with E-state index in [1.165, 1.54) is 6.26 Å². The zero-order valence-electron chi connectivity index (χ0n) is 10.8. The van der Waals surface area contributed by atoms with Crippen molar-refractivity contribution in [3.05, 3.63) is 17.8 Å². The highest BCUT2D eigenvalue weighted by Gasteiger charge is 2.26. The van der Waals surface area contributed by atoms with Crippen molar-refractivity contribution >= 4 is 5.91 Å². The molecule has 1 heterocycles. The van der Waals surface area contributed by atoms with E-state index in [2.05, 4.69) is 10.3 Å². The smallest absolute Gasteiger partial charge is 0.273 e. The fourth-order valence-corrected chi connectivity index (χ4v) is 1.55. The van der Waals surface area contributed by atoms with Crippen molar-refractivity contribution in [2.75, 3.05) is 6.61 Å². The summed E-state index contributed by atoms with van der Waals surface area (Å²) >= 11 is 0. The highest BCUT2D eigenvalue weighted by atomic mass is 16.3. The Morgan fingerprint density at radius 1 is 1.59 bits per heavy atom. The van der Waals surface area contributed by atoms with Gasteiger partial charge in [-0.3, -0.25) is 4.79 Å². The van der Waals surface area contributed by atoms with Crippen LogP contribution < -0.4 is 5.32 Å². The Morgan fingerprint density at radius 3 is 2.65 bits per heavy atom. The summed E-state index contributed by atoms with van der Waals surface area (Å²) in [6.45, 7) is 7.77.